The van der Waals surface area contributed by atoms with Gasteiger partial charge in [0.05, 0.1) is 17.6 Å². The highest BCUT2D eigenvalue weighted by Gasteiger charge is 2.25. The Morgan fingerprint density at radius 3 is 2.95 bits per heavy atom. The highest BCUT2D eigenvalue weighted by Crippen LogP contribution is 2.31. The van der Waals surface area contributed by atoms with Gasteiger partial charge in [0.25, 0.3) is 0 Å². The lowest BCUT2D eigenvalue weighted by Crippen LogP contribution is -2.26. The number of nitrogens with one attached hydrogen (secondary N) is 1. The monoisotopic (exact) mass is 282 g/mol. The summed E-state index contributed by atoms with van der Waals surface area (Å²) >= 11 is 1.72. The molecule has 1 saturated carbocycles. The van der Waals surface area contributed by atoms with Crippen LogP contribution in [0.25, 0.3) is 0 Å². The maximum Gasteiger partial charge on any atom is 0.182 e. The summed E-state index contributed by atoms with van der Waals surface area (Å²) in [5, 5.41) is 4.34. The van der Waals surface area contributed by atoms with E-state index in [9.17, 15) is 0 Å². The van der Waals surface area contributed by atoms with E-state index in [0.29, 0.717) is 6.10 Å². The van der Waals surface area contributed by atoms with Crippen LogP contribution in [0, 0.1) is 11.8 Å². The van der Waals surface area contributed by atoms with E-state index in [1.165, 1.54) is 24.1 Å². The van der Waals surface area contributed by atoms with E-state index in [-0.39, 0.29) is 0 Å². The fourth-order valence-electron chi connectivity index (χ4n) is 2.54. The van der Waals surface area contributed by atoms with Gasteiger partial charge >= 0.3 is 0 Å². The van der Waals surface area contributed by atoms with Gasteiger partial charge in [-0.2, -0.15) is 0 Å². The minimum absolute atomic E-state index is 0.445. The number of anilines is 1. The first-order chi connectivity index (χ1) is 9.19. The summed E-state index contributed by atoms with van der Waals surface area (Å²) in [6.07, 6.45) is 7.24. The van der Waals surface area contributed by atoms with Crippen molar-refractivity contribution in [1.82, 2.24) is 4.98 Å². The molecular weight excluding hydrogens is 256 g/mol. The van der Waals surface area contributed by atoms with Crippen molar-refractivity contribution >= 4 is 16.5 Å². The van der Waals surface area contributed by atoms with Gasteiger partial charge < -0.3 is 10.1 Å². The molecule has 3 unspecified atom stereocenters. The molecule has 2 rings (SSSR count). The number of ether oxygens (including phenoxy) is 1. The minimum atomic E-state index is 0.445. The number of nitrogens with zero attached hydrogens (tertiary/aromatic N) is 1. The minimum Gasteiger partial charge on any atom is -0.373 e. The van der Waals surface area contributed by atoms with Crippen LogP contribution in [-0.4, -0.2) is 17.6 Å². The van der Waals surface area contributed by atoms with Gasteiger partial charge in [0.2, 0.25) is 0 Å². The lowest BCUT2D eigenvalue weighted by molar-refractivity contribution is -0.00639. The molecule has 0 spiro atoms. The first kappa shape index (κ1) is 14.8. The molecule has 19 heavy (non-hydrogen) atoms. The summed E-state index contributed by atoms with van der Waals surface area (Å²) in [6.45, 7) is 8.58. The summed E-state index contributed by atoms with van der Waals surface area (Å²) in [6, 6.07) is 0. The van der Waals surface area contributed by atoms with Crippen LogP contribution >= 0.6 is 11.3 Å². The van der Waals surface area contributed by atoms with Crippen molar-refractivity contribution < 1.29 is 4.74 Å². The Bertz CT molecular complexity index is 380. The van der Waals surface area contributed by atoms with Crippen molar-refractivity contribution in [2.24, 2.45) is 11.8 Å². The van der Waals surface area contributed by atoms with Crippen molar-refractivity contribution in [3.63, 3.8) is 0 Å². The van der Waals surface area contributed by atoms with Gasteiger partial charge in [-0.3, -0.25) is 0 Å². The molecule has 1 aliphatic carbocycles. The van der Waals surface area contributed by atoms with Crippen molar-refractivity contribution in [2.75, 3.05) is 11.9 Å². The second-order valence-electron chi connectivity index (χ2n) is 5.76. The summed E-state index contributed by atoms with van der Waals surface area (Å²) < 4.78 is 6.05. The standard InChI is InChI=1S/C15H26N2OS/c1-4-7-16-15-17-9-14(19-15)10-18-13-6-5-11(2)12(3)8-13/h9,11-13H,4-8,10H2,1-3H3,(H,16,17). The zero-order valence-electron chi connectivity index (χ0n) is 12.3. The Morgan fingerprint density at radius 2 is 2.21 bits per heavy atom. The molecule has 0 saturated heterocycles. The van der Waals surface area contributed by atoms with Crippen LogP contribution in [0.15, 0.2) is 6.20 Å². The molecule has 1 aromatic rings. The number of aromatic nitrogens is 1. The smallest absolute Gasteiger partial charge is 0.182 e. The van der Waals surface area contributed by atoms with Crippen LogP contribution in [0.3, 0.4) is 0 Å². The van der Waals surface area contributed by atoms with E-state index in [2.05, 4.69) is 31.1 Å². The summed E-state index contributed by atoms with van der Waals surface area (Å²) in [4.78, 5) is 5.60. The molecule has 1 aliphatic rings. The van der Waals surface area contributed by atoms with Crippen LogP contribution in [-0.2, 0) is 11.3 Å². The highest BCUT2D eigenvalue weighted by atomic mass is 32.1. The molecular formula is C15H26N2OS. The van der Waals surface area contributed by atoms with E-state index < -0.39 is 0 Å². The predicted molar refractivity (Wildman–Crippen MR) is 81.7 cm³/mol. The molecule has 1 N–H and O–H groups in total. The van der Waals surface area contributed by atoms with Gasteiger partial charge in [0.1, 0.15) is 0 Å². The molecule has 0 radical (unpaired) electrons. The molecule has 108 valence electrons. The first-order valence-corrected chi connectivity index (χ1v) is 8.30. The van der Waals surface area contributed by atoms with Crippen molar-refractivity contribution in [3.8, 4) is 0 Å². The fourth-order valence-corrected chi connectivity index (χ4v) is 3.30. The third kappa shape index (κ3) is 4.46. The van der Waals surface area contributed by atoms with Gasteiger partial charge in [0, 0.05) is 12.7 Å². The van der Waals surface area contributed by atoms with Gasteiger partial charge in [0.15, 0.2) is 5.13 Å². The Kier molecular flexibility index (Phi) is 5.64. The van der Waals surface area contributed by atoms with Crippen molar-refractivity contribution in [1.29, 1.82) is 0 Å². The van der Waals surface area contributed by atoms with Crippen LogP contribution < -0.4 is 5.32 Å². The molecule has 1 fully saturated rings. The molecule has 0 amide bonds. The maximum absolute atomic E-state index is 6.05. The Hall–Kier alpha value is -0.610. The van der Waals surface area contributed by atoms with E-state index in [0.717, 1.165) is 36.5 Å². The fraction of sp³-hybridized carbons (Fsp3) is 0.800. The number of hydrogen-bond donors (Lipinski definition) is 1. The highest BCUT2D eigenvalue weighted by molar-refractivity contribution is 7.15. The van der Waals surface area contributed by atoms with E-state index >= 15 is 0 Å². The molecule has 1 aromatic heterocycles. The van der Waals surface area contributed by atoms with Crippen LogP contribution in [0.4, 0.5) is 5.13 Å². The lowest BCUT2D eigenvalue weighted by Gasteiger charge is -2.31. The number of thiazole rings is 1. The molecule has 0 bridgehead atoms. The molecule has 4 heteroatoms. The van der Waals surface area contributed by atoms with E-state index in [1.54, 1.807) is 11.3 Å². The molecule has 1 heterocycles. The maximum atomic E-state index is 6.05. The van der Waals surface area contributed by atoms with Crippen molar-refractivity contribution in [2.45, 2.75) is 59.2 Å². The zero-order chi connectivity index (χ0) is 13.7. The van der Waals surface area contributed by atoms with Crippen LogP contribution in [0.2, 0.25) is 0 Å². The zero-order valence-corrected chi connectivity index (χ0v) is 13.1. The third-order valence-corrected chi connectivity index (χ3v) is 5.02. The molecule has 3 nitrogen and oxygen atoms in total. The second-order valence-corrected chi connectivity index (χ2v) is 6.87. The average Bonchev–Trinajstić information content (AvgIpc) is 2.86. The Morgan fingerprint density at radius 1 is 1.37 bits per heavy atom. The largest absolute Gasteiger partial charge is 0.373 e. The quantitative estimate of drug-likeness (QED) is 0.844. The normalized spacial score (nSPS) is 27.4. The summed E-state index contributed by atoms with van der Waals surface area (Å²) in [5.41, 5.74) is 0. The first-order valence-electron chi connectivity index (χ1n) is 7.49. The summed E-state index contributed by atoms with van der Waals surface area (Å²) in [7, 11) is 0. The Balaban J connectivity index is 1.74. The summed E-state index contributed by atoms with van der Waals surface area (Å²) in [5.74, 6) is 1.65. The van der Waals surface area contributed by atoms with Crippen molar-refractivity contribution in [3.05, 3.63) is 11.1 Å². The van der Waals surface area contributed by atoms with Gasteiger partial charge in [-0.05, 0) is 37.5 Å². The number of hydrogen-bond acceptors (Lipinski definition) is 4. The molecule has 0 aromatic carbocycles. The molecule has 3 atom stereocenters. The number of rotatable bonds is 6. The SMILES string of the molecule is CCCNc1ncc(COC2CCC(C)C(C)C2)s1. The average molecular weight is 282 g/mol. The topological polar surface area (TPSA) is 34.2 Å². The van der Waals surface area contributed by atoms with E-state index in [4.69, 9.17) is 4.74 Å². The van der Waals surface area contributed by atoms with E-state index in [1.807, 2.05) is 6.20 Å². The van der Waals surface area contributed by atoms with Crippen LogP contribution in [0.5, 0.6) is 0 Å². The molecule has 0 aliphatic heterocycles. The van der Waals surface area contributed by atoms with Gasteiger partial charge in [-0.25, -0.2) is 4.98 Å². The predicted octanol–water partition coefficient (Wildman–Crippen LogP) is 4.31. The lowest BCUT2D eigenvalue weighted by atomic mass is 9.80. The van der Waals surface area contributed by atoms with Gasteiger partial charge in [-0.1, -0.05) is 32.1 Å². The second kappa shape index (κ2) is 7.25. The van der Waals surface area contributed by atoms with Gasteiger partial charge in [-0.15, -0.1) is 0 Å². The Labute approximate surface area is 120 Å². The third-order valence-electron chi connectivity index (χ3n) is 4.09. The van der Waals surface area contributed by atoms with Crippen LogP contribution in [0.1, 0.15) is 51.3 Å².